The van der Waals surface area contributed by atoms with Crippen LogP contribution in [-0.2, 0) is 16.0 Å². The summed E-state index contributed by atoms with van der Waals surface area (Å²) < 4.78 is 10.6. The smallest absolute Gasteiger partial charge is 0.262 e. The molecule has 1 heterocycles. The van der Waals surface area contributed by atoms with Crippen LogP contribution >= 0.6 is 0 Å². The first-order chi connectivity index (χ1) is 13.1. The molecule has 6 nitrogen and oxygen atoms in total. The van der Waals surface area contributed by atoms with Gasteiger partial charge in [0.2, 0.25) is 5.91 Å². The van der Waals surface area contributed by atoms with Gasteiger partial charge in [0.15, 0.2) is 6.61 Å². The molecule has 0 saturated heterocycles. The molecule has 1 aliphatic rings. The van der Waals surface area contributed by atoms with Crippen molar-refractivity contribution in [2.45, 2.75) is 26.2 Å². The van der Waals surface area contributed by atoms with Gasteiger partial charge in [-0.2, -0.15) is 0 Å². The molecule has 142 valence electrons. The Morgan fingerprint density at radius 3 is 2.74 bits per heavy atom. The molecule has 0 atom stereocenters. The van der Waals surface area contributed by atoms with E-state index >= 15 is 0 Å². The molecule has 0 fully saturated rings. The fourth-order valence-electron chi connectivity index (χ4n) is 3.16. The molecule has 0 spiro atoms. The second kappa shape index (κ2) is 8.58. The van der Waals surface area contributed by atoms with Crippen LogP contribution < -0.4 is 19.7 Å². The Morgan fingerprint density at radius 2 is 1.96 bits per heavy atom. The number of hydrogen-bond acceptors (Lipinski definition) is 4. The predicted octanol–water partition coefficient (Wildman–Crippen LogP) is 3.40. The van der Waals surface area contributed by atoms with Crippen molar-refractivity contribution < 1.29 is 19.1 Å². The molecule has 6 heteroatoms. The Labute approximate surface area is 159 Å². The van der Waals surface area contributed by atoms with E-state index in [9.17, 15) is 9.59 Å². The number of fused-ring (bicyclic) bond motifs is 1. The van der Waals surface area contributed by atoms with E-state index in [-0.39, 0.29) is 18.4 Å². The molecular formula is C21H24N2O4. The van der Waals surface area contributed by atoms with Gasteiger partial charge in [0.25, 0.3) is 5.91 Å². The SMILES string of the molecule is CCC(=O)N1CCCc2cc(NC(=O)COc3cccc(OC)c3)ccc21. The highest BCUT2D eigenvalue weighted by molar-refractivity contribution is 5.96. The summed E-state index contributed by atoms with van der Waals surface area (Å²) in [7, 11) is 1.58. The molecule has 27 heavy (non-hydrogen) atoms. The van der Waals surface area contributed by atoms with Crippen molar-refractivity contribution in [3.8, 4) is 11.5 Å². The molecule has 3 rings (SSSR count). The average Bonchev–Trinajstić information content (AvgIpc) is 2.71. The monoisotopic (exact) mass is 368 g/mol. The van der Waals surface area contributed by atoms with Crippen LogP contribution in [0, 0.1) is 0 Å². The highest BCUT2D eigenvalue weighted by Crippen LogP contribution is 2.30. The van der Waals surface area contributed by atoms with Crippen LogP contribution in [0.5, 0.6) is 11.5 Å². The lowest BCUT2D eigenvalue weighted by Crippen LogP contribution is -2.34. The molecule has 0 bridgehead atoms. The van der Waals surface area contributed by atoms with Gasteiger partial charge in [-0.15, -0.1) is 0 Å². The summed E-state index contributed by atoms with van der Waals surface area (Å²) >= 11 is 0. The molecule has 2 aromatic rings. The highest BCUT2D eigenvalue weighted by atomic mass is 16.5. The molecule has 0 unspecified atom stereocenters. The summed E-state index contributed by atoms with van der Waals surface area (Å²) in [4.78, 5) is 26.1. The van der Waals surface area contributed by atoms with Gasteiger partial charge in [-0.1, -0.05) is 13.0 Å². The topological polar surface area (TPSA) is 67.9 Å². The third-order valence-corrected chi connectivity index (χ3v) is 4.50. The maximum atomic E-state index is 12.2. The normalized spacial score (nSPS) is 12.9. The van der Waals surface area contributed by atoms with Crippen LogP contribution in [0.25, 0.3) is 0 Å². The number of nitrogens with one attached hydrogen (secondary N) is 1. The summed E-state index contributed by atoms with van der Waals surface area (Å²) in [6, 6.07) is 12.8. The number of carbonyl (C=O) groups is 2. The molecule has 0 saturated carbocycles. The quantitative estimate of drug-likeness (QED) is 0.849. The van der Waals surface area contributed by atoms with Gasteiger partial charge >= 0.3 is 0 Å². The third kappa shape index (κ3) is 4.58. The van der Waals surface area contributed by atoms with E-state index in [2.05, 4.69) is 5.32 Å². The molecular weight excluding hydrogens is 344 g/mol. The lowest BCUT2D eigenvalue weighted by atomic mass is 10.0. The number of rotatable bonds is 6. The van der Waals surface area contributed by atoms with Crippen LogP contribution in [0.4, 0.5) is 11.4 Å². The second-order valence-electron chi connectivity index (χ2n) is 6.36. The van der Waals surface area contributed by atoms with Crippen molar-refractivity contribution in [2.24, 2.45) is 0 Å². The Morgan fingerprint density at radius 1 is 1.15 bits per heavy atom. The van der Waals surface area contributed by atoms with Crippen LogP contribution in [-0.4, -0.2) is 32.1 Å². The number of nitrogens with zero attached hydrogens (tertiary/aromatic N) is 1. The zero-order valence-corrected chi connectivity index (χ0v) is 15.7. The molecule has 1 N–H and O–H groups in total. The van der Waals surface area contributed by atoms with Crippen molar-refractivity contribution in [1.82, 2.24) is 0 Å². The van der Waals surface area contributed by atoms with Crippen molar-refractivity contribution in [2.75, 3.05) is 30.5 Å². The summed E-state index contributed by atoms with van der Waals surface area (Å²) in [5.74, 6) is 1.13. The van der Waals surface area contributed by atoms with Crippen LogP contribution in [0.2, 0.25) is 0 Å². The average molecular weight is 368 g/mol. The number of methoxy groups -OCH3 is 1. The fourth-order valence-corrected chi connectivity index (χ4v) is 3.16. The van der Waals surface area contributed by atoms with E-state index < -0.39 is 0 Å². The Bertz CT molecular complexity index is 835. The summed E-state index contributed by atoms with van der Waals surface area (Å²) in [5, 5.41) is 2.85. The Kier molecular flexibility index (Phi) is 5.96. The number of amides is 2. The van der Waals surface area contributed by atoms with E-state index in [4.69, 9.17) is 9.47 Å². The summed E-state index contributed by atoms with van der Waals surface area (Å²) in [6.07, 6.45) is 2.31. The van der Waals surface area contributed by atoms with Gasteiger partial charge < -0.3 is 19.7 Å². The number of benzene rings is 2. The standard InChI is InChI=1S/C21H24N2O4/c1-3-21(25)23-11-5-6-15-12-16(9-10-19(15)23)22-20(24)14-27-18-8-4-7-17(13-18)26-2/h4,7-10,12-13H,3,5-6,11,14H2,1-2H3,(H,22,24). The van der Waals surface area contributed by atoms with Crippen molar-refractivity contribution in [1.29, 1.82) is 0 Å². The van der Waals surface area contributed by atoms with E-state index in [1.54, 1.807) is 25.3 Å². The zero-order valence-electron chi connectivity index (χ0n) is 15.7. The number of hydrogen-bond donors (Lipinski definition) is 1. The molecule has 2 aromatic carbocycles. The summed E-state index contributed by atoms with van der Waals surface area (Å²) in [6.45, 7) is 2.53. The molecule has 0 aliphatic carbocycles. The Hall–Kier alpha value is -3.02. The van der Waals surface area contributed by atoms with Gasteiger partial charge in [-0.25, -0.2) is 0 Å². The number of carbonyl (C=O) groups excluding carboxylic acids is 2. The van der Waals surface area contributed by atoms with E-state index in [1.807, 2.05) is 36.1 Å². The zero-order chi connectivity index (χ0) is 19.2. The molecule has 0 radical (unpaired) electrons. The third-order valence-electron chi connectivity index (χ3n) is 4.50. The van der Waals surface area contributed by atoms with E-state index in [0.29, 0.717) is 23.6 Å². The van der Waals surface area contributed by atoms with Crippen LogP contribution in [0.1, 0.15) is 25.3 Å². The Balaban J connectivity index is 1.62. The maximum Gasteiger partial charge on any atom is 0.262 e. The minimum Gasteiger partial charge on any atom is -0.497 e. The van der Waals surface area contributed by atoms with Crippen molar-refractivity contribution in [3.05, 3.63) is 48.0 Å². The van der Waals surface area contributed by atoms with Gasteiger partial charge in [0.05, 0.1) is 7.11 Å². The van der Waals surface area contributed by atoms with Crippen molar-refractivity contribution >= 4 is 23.2 Å². The maximum absolute atomic E-state index is 12.2. The van der Waals surface area contributed by atoms with Crippen LogP contribution in [0.3, 0.4) is 0 Å². The van der Waals surface area contributed by atoms with Gasteiger partial charge in [-0.05, 0) is 48.7 Å². The number of ether oxygens (including phenoxy) is 2. The highest BCUT2D eigenvalue weighted by Gasteiger charge is 2.21. The largest absolute Gasteiger partial charge is 0.497 e. The van der Waals surface area contributed by atoms with Crippen molar-refractivity contribution in [3.63, 3.8) is 0 Å². The van der Waals surface area contributed by atoms with Gasteiger partial charge in [0, 0.05) is 30.4 Å². The second-order valence-corrected chi connectivity index (χ2v) is 6.36. The van der Waals surface area contributed by atoms with Crippen LogP contribution in [0.15, 0.2) is 42.5 Å². The predicted molar refractivity (Wildman–Crippen MR) is 105 cm³/mol. The van der Waals surface area contributed by atoms with Gasteiger partial charge in [-0.3, -0.25) is 9.59 Å². The minimum absolute atomic E-state index is 0.0926. The van der Waals surface area contributed by atoms with Gasteiger partial charge in [0.1, 0.15) is 11.5 Å². The number of aryl methyl sites for hydroxylation is 1. The molecule has 1 aliphatic heterocycles. The number of anilines is 2. The first kappa shape index (κ1) is 18.8. The molecule has 2 amide bonds. The first-order valence-corrected chi connectivity index (χ1v) is 9.10. The molecule has 0 aromatic heterocycles. The summed E-state index contributed by atoms with van der Waals surface area (Å²) in [5.41, 5.74) is 2.73. The lowest BCUT2D eigenvalue weighted by Gasteiger charge is -2.29. The van der Waals surface area contributed by atoms with E-state index in [0.717, 1.165) is 30.6 Å². The van der Waals surface area contributed by atoms with E-state index in [1.165, 1.54) is 0 Å². The lowest BCUT2D eigenvalue weighted by molar-refractivity contribution is -0.119. The fraction of sp³-hybridized carbons (Fsp3) is 0.333. The first-order valence-electron chi connectivity index (χ1n) is 9.10. The minimum atomic E-state index is -0.241.